The summed E-state index contributed by atoms with van der Waals surface area (Å²) < 4.78 is 5.81. The number of nitrogens with two attached hydrogens (primary N) is 1. The maximum Gasteiger partial charge on any atom is 0.133 e. The molecule has 0 saturated carbocycles. The number of hydrogen-bond donors (Lipinski definition) is 1. The molecule has 17 heavy (non-hydrogen) atoms. The maximum absolute atomic E-state index is 6.06. The van der Waals surface area contributed by atoms with Crippen LogP contribution >= 0.6 is 11.6 Å². The summed E-state index contributed by atoms with van der Waals surface area (Å²) in [5.41, 5.74) is 7.44. The Labute approximate surface area is 105 Å². The molecule has 0 aliphatic heterocycles. The second-order valence-corrected chi connectivity index (χ2v) is 4.07. The Kier molecular flexibility index (Phi) is 3.61. The van der Waals surface area contributed by atoms with Crippen molar-refractivity contribution in [2.45, 2.75) is 13.5 Å². The first-order valence-corrected chi connectivity index (χ1v) is 5.66. The molecule has 2 aromatic rings. The number of benzene rings is 1. The normalized spacial score (nSPS) is 10.3. The molecule has 1 aromatic heterocycles. The monoisotopic (exact) mass is 248 g/mol. The molecule has 0 spiro atoms. The van der Waals surface area contributed by atoms with E-state index in [9.17, 15) is 0 Å². The van der Waals surface area contributed by atoms with Gasteiger partial charge in [-0.15, -0.1) is 0 Å². The standard InChI is InChI=1S/C13H13ClN2O/c1-9-8-16-6-5-12(9)17-13-4-2-3-11(14)10(13)7-15/h2-6,8H,7,15H2,1H3. The van der Waals surface area contributed by atoms with E-state index in [0.717, 1.165) is 16.9 Å². The average molecular weight is 249 g/mol. The second kappa shape index (κ2) is 5.17. The van der Waals surface area contributed by atoms with Crippen LogP contribution in [0, 0.1) is 6.92 Å². The lowest BCUT2D eigenvalue weighted by Gasteiger charge is -2.12. The summed E-state index contributed by atoms with van der Waals surface area (Å²) in [7, 11) is 0. The fourth-order valence-corrected chi connectivity index (χ4v) is 1.77. The molecule has 3 nitrogen and oxygen atoms in total. The Morgan fingerprint density at radius 1 is 1.29 bits per heavy atom. The number of halogens is 1. The molecule has 1 aromatic carbocycles. The summed E-state index contributed by atoms with van der Waals surface area (Å²) in [6, 6.07) is 7.31. The molecule has 0 atom stereocenters. The highest BCUT2D eigenvalue weighted by atomic mass is 35.5. The van der Waals surface area contributed by atoms with Gasteiger partial charge in [0.2, 0.25) is 0 Å². The Morgan fingerprint density at radius 3 is 2.82 bits per heavy atom. The number of aryl methyl sites for hydroxylation is 1. The largest absolute Gasteiger partial charge is 0.457 e. The van der Waals surface area contributed by atoms with Gasteiger partial charge in [0.15, 0.2) is 0 Å². The minimum absolute atomic E-state index is 0.346. The van der Waals surface area contributed by atoms with Gasteiger partial charge in [0.25, 0.3) is 0 Å². The van der Waals surface area contributed by atoms with Crippen LogP contribution in [0.2, 0.25) is 5.02 Å². The third-order valence-electron chi connectivity index (χ3n) is 2.47. The van der Waals surface area contributed by atoms with Crippen LogP contribution in [-0.2, 0) is 6.54 Å². The van der Waals surface area contributed by atoms with Gasteiger partial charge in [-0.05, 0) is 25.1 Å². The van der Waals surface area contributed by atoms with Crippen LogP contribution < -0.4 is 10.5 Å². The van der Waals surface area contributed by atoms with E-state index < -0.39 is 0 Å². The predicted octanol–water partition coefficient (Wildman–Crippen LogP) is 3.29. The lowest BCUT2D eigenvalue weighted by atomic mass is 10.2. The molecule has 4 heteroatoms. The molecule has 0 amide bonds. The van der Waals surface area contributed by atoms with Gasteiger partial charge in [-0.2, -0.15) is 0 Å². The Hall–Kier alpha value is -1.58. The number of nitrogens with zero attached hydrogens (tertiary/aromatic N) is 1. The van der Waals surface area contributed by atoms with E-state index in [1.165, 1.54) is 0 Å². The fraction of sp³-hybridized carbons (Fsp3) is 0.154. The molecule has 0 radical (unpaired) electrons. The molecular formula is C13H13ClN2O. The highest BCUT2D eigenvalue weighted by Gasteiger charge is 2.08. The van der Waals surface area contributed by atoms with Gasteiger partial charge in [0.1, 0.15) is 11.5 Å². The van der Waals surface area contributed by atoms with Crippen LogP contribution in [0.15, 0.2) is 36.7 Å². The van der Waals surface area contributed by atoms with Crippen molar-refractivity contribution in [3.63, 3.8) is 0 Å². The quantitative estimate of drug-likeness (QED) is 0.907. The SMILES string of the molecule is Cc1cnccc1Oc1cccc(Cl)c1CN. The Morgan fingerprint density at radius 2 is 2.12 bits per heavy atom. The molecule has 88 valence electrons. The molecule has 0 saturated heterocycles. The number of pyridine rings is 1. The van der Waals surface area contributed by atoms with E-state index in [4.69, 9.17) is 22.1 Å². The minimum atomic E-state index is 0.346. The Balaban J connectivity index is 2.37. The van der Waals surface area contributed by atoms with Crippen LogP contribution in [0.25, 0.3) is 0 Å². The molecule has 2 N–H and O–H groups in total. The van der Waals surface area contributed by atoms with Crippen molar-refractivity contribution in [1.29, 1.82) is 0 Å². The molecule has 1 heterocycles. The van der Waals surface area contributed by atoms with Gasteiger partial charge in [-0.1, -0.05) is 17.7 Å². The van der Waals surface area contributed by atoms with Crippen molar-refractivity contribution in [3.05, 3.63) is 52.8 Å². The van der Waals surface area contributed by atoms with Crippen molar-refractivity contribution in [2.24, 2.45) is 5.73 Å². The first-order valence-electron chi connectivity index (χ1n) is 5.28. The molecule has 0 aliphatic rings. The van der Waals surface area contributed by atoms with Gasteiger partial charge in [0, 0.05) is 35.1 Å². The lowest BCUT2D eigenvalue weighted by molar-refractivity contribution is 0.472. The van der Waals surface area contributed by atoms with Gasteiger partial charge in [-0.3, -0.25) is 4.98 Å². The number of rotatable bonds is 3. The van der Waals surface area contributed by atoms with E-state index >= 15 is 0 Å². The van der Waals surface area contributed by atoms with Crippen molar-refractivity contribution >= 4 is 11.6 Å². The molecule has 0 unspecified atom stereocenters. The van der Waals surface area contributed by atoms with Crippen molar-refractivity contribution in [2.75, 3.05) is 0 Å². The van der Waals surface area contributed by atoms with Crippen LogP contribution in [-0.4, -0.2) is 4.98 Å². The lowest BCUT2D eigenvalue weighted by Crippen LogP contribution is -2.00. The first kappa shape index (κ1) is 11.9. The predicted molar refractivity (Wildman–Crippen MR) is 68.4 cm³/mol. The summed E-state index contributed by atoms with van der Waals surface area (Å²) in [6.07, 6.45) is 3.44. The number of hydrogen-bond acceptors (Lipinski definition) is 3. The van der Waals surface area contributed by atoms with Gasteiger partial charge in [0.05, 0.1) is 0 Å². The summed E-state index contributed by atoms with van der Waals surface area (Å²) in [5, 5.41) is 0.622. The Bertz CT molecular complexity index is 529. The van der Waals surface area contributed by atoms with E-state index in [2.05, 4.69) is 4.98 Å². The molecule has 0 fully saturated rings. The molecule has 0 bridgehead atoms. The van der Waals surface area contributed by atoms with E-state index in [1.54, 1.807) is 18.5 Å². The van der Waals surface area contributed by atoms with Crippen molar-refractivity contribution in [1.82, 2.24) is 4.98 Å². The van der Waals surface area contributed by atoms with Crippen LogP contribution in [0.1, 0.15) is 11.1 Å². The highest BCUT2D eigenvalue weighted by molar-refractivity contribution is 6.31. The number of ether oxygens (including phenoxy) is 1. The van der Waals surface area contributed by atoms with Gasteiger partial charge in [-0.25, -0.2) is 0 Å². The fourth-order valence-electron chi connectivity index (χ4n) is 1.53. The third-order valence-corrected chi connectivity index (χ3v) is 2.82. The molecular weight excluding hydrogens is 236 g/mol. The summed E-state index contributed by atoms with van der Waals surface area (Å²) in [5.74, 6) is 1.45. The van der Waals surface area contributed by atoms with Crippen LogP contribution in [0.3, 0.4) is 0 Å². The van der Waals surface area contributed by atoms with Crippen LogP contribution in [0.4, 0.5) is 0 Å². The highest BCUT2D eigenvalue weighted by Crippen LogP contribution is 2.31. The van der Waals surface area contributed by atoms with Crippen molar-refractivity contribution < 1.29 is 4.74 Å². The van der Waals surface area contributed by atoms with Crippen molar-refractivity contribution in [3.8, 4) is 11.5 Å². The third kappa shape index (κ3) is 2.57. The first-order chi connectivity index (χ1) is 8.22. The van der Waals surface area contributed by atoms with Gasteiger partial charge >= 0.3 is 0 Å². The average Bonchev–Trinajstić information content (AvgIpc) is 2.32. The summed E-state index contributed by atoms with van der Waals surface area (Å²) in [6.45, 7) is 2.29. The zero-order valence-corrected chi connectivity index (χ0v) is 10.2. The van der Waals surface area contributed by atoms with E-state index in [1.807, 2.05) is 25.1 Å². The minimum Gasteiger partial charge on any atom is -0.457 e. The topological polar surface area (TPSA) is 48.1 Å². The molecule has 0 aliphatic carbocycles. The zero-order chi connectivity index (χ0) is 12.3. The van der Waals surface area contributed by atoms with E-state index in [-0.39, 0.29) is 0 Å². The van der Waals surface area contributed by atoms with E-state index in [0.29, 0.717) is 17.3 Å². The molecule has 2 rings (SSSR count). The summed E-state index contributed by atoms with van der Waals surface area (Å²) in [4.78, 5) is 4.02. The second-order valence-electron chi connectivity index (χ2n) is 3.66. The number of aromatic nitrogens is 1. The van der Waals surface area contributed by atoms with Gasteiger partial charge < -0.3 is 10.5 Å². The van der Waals surface area contributed by atoms with Crippen LogP contribution in [0.5, 0.6) is 11.5 Å². The maximum atomic E-state index is 6.06. The smallest absolute Gasteiger partial charge is 0.133 e. The zero-order valence-electron chi connectivity index (χ0n) is 9.48. The summed E-state index contributed by atoms with van der Waals surface area (Å²) >= 11 is 6.06.